The summed E-state index contributed by atoms with van der Waals surface area (Å²) in [6.45, 7) is 0.284. The van der Waals surface area contributed by atoms with Gasteiger partial charge in [-0.3, -0.25) is 0 Å². The fraction of sp³-hybridized carbons (Fsp3) is 0.214. The first-order valence-corrected chi connectivity index (χ1v) is 6.50. The highest BCUT2D eigenvalue weighted by Crippen LogP contribution is 2.35. The normalized spacial score (nSPS) is 10.0. The van der Waals surface area contributed by atoms with Crippen LogP contribution in [0.4, 0.5) is 10.5 Å². The van der Waals surface area contributed by atoms with Crippen LogP contribution in [-0.4, -0.2) is 20.3 Å². The maximum atomic E-state index is 11.9. The summed E-state index contributed by atoms with van der Waals surface area (Å²) in [5.74, 6) is 1.54. The Hall–Kier alpha value is -2.34. The molecule has 21 heavy (non-hydrogen) atoms. The Bertz CT molecular complexity index is 614. The number of rotatable bonds is 5. The van der Waals surface area contributed by atoms with Crippen molar-refractivity contribution in [1.29, 1.82) is 0 Å². The van der Waals surface area contributed by atoms with Crippen molar-refractivity contribution in [2.45, 2.75) is 6.54 Å². The minimum atomic E-state index is -0.394. The first-order valence-electron chi connectivity index (χ1n) is 6.12. The summed E-state index contributed by atoms with van der Waals surface area (Å²) in [5.41, 5.74) is 0.454. The number of nitrogens with one attached hydrogen (secondary N) is 2. The lowest BCUT2D eigenvalue weighted by atomic mass is 10.2. The van der Waals surface area contributed by atoms with Gasteiger partial charge in [-0.15, -0.1) is 0 Å². The van der Waals surface area contributed by atoms with Gasteiger partial charge in [0.25, 0.3) is 0 Å². The first kappa shape index (κ1) is 15.1. The number of benzene rings is 1. The van der Waals surface area contributed by atoms with Gasteiger partial charge in [0.05, 0.1) is 37.7 Å². The van der Waals surface area contributed by atoms with Crippen molar-refractivity contribution in [3.05, 3.63) is 41.3 Å². The SMILES string of the molecule is COc1cc(NC(=O)NCc2ccco2)c(OC)cc1Cl. The van der Waals surface area contributed by atoms with Gasteiger partial charge in [-0.25, -0.2) is 4.79 Å². The summed E-state index contributed by atoms with van der Waals surface area (Å²) in [4.78, 5) is 11.9. The number of carbonyl (C=O) groups excluding carboxylic acids is 1. The van der Waals surface area contributed by atoms with Crippen LogP contribution >= 0.6 is 11.6 Å². The van der Waals surface area contributed by atoms with Crippen LogP contribution < -0.4 is 20.1 Å². The van der Waals surface area contributed by atoms with Crippen LogP contribution in [0.2, 0.25) is 5.02 Å². The first-order chi connectivity index (χ1) is 10.1. The largest absolute Gasteiger partial charge is 0.495 e. The molecule has 0 aliphatic heterocycles. The highest BCUT2D eigenvalue weighted by Gasteiger charge is 2.12. The Morgan fingerprint density at radius 2 is 2.05 bits per heavy atom. The molecule has 7 heteroatoms. The number of amides is 2. The number of urea groups is 1. The number of methoxy groups -OCH3 is 2. The Kier molecular flexibility index (Phi) is 4.94. The Morgan fingerprint density at radius 3 is 2.67 bits per heavy atom. The van der Waals surface area contributed by atoms with Crippen LogP contribution in [0.25, 0.3) is 0 Å². The van der Waals surface area contributed by atoms with Gasteiger partial charge in [-0.05, 0) is 12.1 Å². The summed E-state index contributed by atoms with van der Waals surface area (Å²) < 4.78 is 15.4. The molecule has 2 amide bonds. The Morgan fingerprint density at radius 1 is 1.29 bits per heavy atom. The number of anilines is 1. The zero-order valence-electron chi connectivity index (χ0n) is 11.6. The number of halogens is 1. The lowest BCUT2D eigenvalue weighted by molar-refractivity contribution is 0.250. The molecule has 0 saturated carbocycles. The number of hydrogen-bond acceptors (Lipinski definition) is 4. The van der Waals surface area contributed by atoms with Crippen LogP contribution in [0, 0.1) is 0 Å². The molecule has 0 aliphatic carbocycles. The standard InChI is InChI=1S/C14H15ClN2O4/c1-19-12-7-11(13(20-2)6-10(12)15)17-14(18)16-8-9-4-3-5-21-9/h3-7H,8H2,1-2H3,(H2,16,17,18). The quantitative estimate of drug-likeness (QED) is 0.889. The van der Waals surface area contributed by atoms with Crippen molar-refractivity contribution in [1.82, 2.24) is 5.32 Å². The topological polar surface area (TPSA) is 72.7 Å². The highest BCUT2D eigenvalue weighted by molar-refractivity contribution is 6.32. The van der Waals surface area contributed by atoms with E-state index in [1.54, 1.807) is 30.5 Å². The molecule has 0 bridgehead atoms. The van der Waals surface area contributed by atoms with Gasteiger partial charge in [-0.1, -0.05) is 11.6 Å². The van der Waals surface area contributed by atoms with Gasteiger partial charge in [0, 0.05) is 12.1 Å². The van der Waals surface area contributed by atoms with Crippen LogP contribution in [0.3, 0.4) is 0 Å². The minimum Gasteiger partial charge on any atom is -0.495 e. The van der Waals surface area contributed by atoms with Crippen molar-refractivity contribution >= 4 is 23.3 Å². The molecule has 0 unspecified atom stereocenters. The Balaban J connectivity index is 2.05. The molecule has 0 fully saturated rings. The van der Waals surface area contributed by atoms with E-state index in [0.717, 1.165) is 0 Å². The van der Waals surface area contributed by atoms with E-state index in [0.29, 0.717) is 28.0 Å². The van der Waals surface area contributed by atoms with Crippen LogP contribution in [0.15, 0.2) is 34.9 Å². The molecule has 0 aliphatic rings. The van der Waals surface area contributed by atoms with Gasteiger partial charge < -0.3 is 24.5 Å². The molecule has 0 spiro atoms. The van der Waals surface area contributed by atoms with Gasteiger partial charge >= 0.3 is 6.03 Å². The summed E-state index contributed by atoms with van der Waals surface area (Å²) in [6, 6.07) is 6.29. The molecule has 1 heterocycles. The van der Waals surface area contributed by atoms with E-state index >= 15 is 0 Å². The molecule has 1 aromatic heterocycles. The van der Waals surface area contributed by atoms with Crippen LogP contribution in [-0.2, 0) is 6.54 Å². The second-order valence-corrected chi connectivity index (χ2v) is 4.48. The molecule has 2 N–H and O–H groups in total. The summed E-state index contributed by atoms with van der Waals surface area (Å²) in [5, 5.41) is 5.73. The molecule has 0 atom stereocenters. The van der Waals surface area contributed by atoms with E-state index in [1.165, 1.54) is 14.2 Å². The Labute approximate surface area is 127 Å². The van der Waals surface area contributed by atoms with Crippen molar-refractivity contribution in [3.63, 3.8) is 0 Å². The van der Waals surface area contributed by atoms with Crippen LogP contribution in [0.1, 0.15) is 5.76 Å². The molecule has 1 aromatic carbocycles. The lowest BCUT2D eigenvalue weighted by Gasteiger charge is -2.13. The summed E-state index contributed by atoms with van der Waals surface area (Å²) in [7, 11) is 2.98. The number of furan rings is 1. The molecular formula is C14H15ClN2O4. The molecule has 0 saturated heterocycles. The van der Waals surface area contributed by atoms with E-state index in [1.807, 2.05) is 0 Å². The summed E-state index contributed by atoms with van der Waals surface area (Å²) >= 11 is 6.00. The van der Waals surface area contributed by atoms with Gasteiger partial charge in [0.1, 0.15) is 17.3 Å². The maximum Gasteiger partial charge on any atom is 0.319 e. The molecule has 112 valence electrons. The van der Waals surface area contributed by atoms with E-state index in [4.69, 9.17) is 25.5 Å². The monoisotopic (exact) mass is 310 g/mol. The highest BCUT2D eigenvalue weighted by atomic mass is 35.5. The molecular weight excluding hydrogens is 296 g/mol. The third-order valence-electron chi connectivity index (χ3n) is 2.73. The fourth-order valence-electron chi connectivity index (χ4n) is 1.71. The van der Waals surface area contributed by atoms with E-state index < -0.39 is 6.03 Å². The average Bonchev–Trinajstić information content (AvgIpc) is 2.99. The number of hydrogen-bond donors (Lipinski definition) is 2. The van der Waals surface area contributed by atoms with E-state index in [9.17, 15) is 4.79 Å². The maximum absolute atomic E-state index is 11.9. The van der Waals surface area contributed by atoms with E-state index in [2.05, 4.69) is 10.6 Å². The van der Waals surface area contributed by atoms with Crippen molar-refractivity contribution in [3.8, 4) is 11.5 Å². The van der Waals surface area contributed by atoms with Gasteiger partial charge in [-0.2, -0.15) is 0 Å². The fourth-order valence-corrected chi connectivity index (χ4v) is 1.94. The molecule has 2 aromatic rings. The average molecular weight is 311 g/mol. The number of ether oxygens (including phenoxy) is 2. The van der Waals surface area contributed by atoms with Crippen molar-refractivity contribution < 1.29 is 18.7 Å². The molecule has 2 rings (SSSR count). The predicted octanol–water partition coefficient (Wildman–Crippen LogP) is 3.27. The van der Waals surface area contributed by atoms with Crippen molar-refractivity contribution in [2.75, 3.05) is 19.5 Å². The third kappa shape index (κ3) is 3.82. The van der Waals surface area contributed by atoms with Crippen molar-refractivity contribution in [2.24, 2.45) is 0 Å². The second-order valence-electron chi connectivity index (χ2n) is 4.07. The lowest BCUT2D eigenvalue weighted by Crippen LogP contribution is -2.28. The second kappa shape index (κ2) is 6.90. The van der Waals surface area contributed by atoms with Crippen LogP contribution in [0.5, 0.6) is 11.5 Å². The predicted molar refractivity (Wildman–Crippen MR) is 79.1 cm³/mol. The van der Waals surface area contributed by atoms with E-state index in [-0.39, 0.29) is 6.54 Å². The van der Waals surface area contributed by atoms with Gasteiger partial charge in [0.15, 0.2) is 0 Å². The zero-order chi connectivity index (χ0) is 15.2. The zero-order valence-corrected chi connectivity index (χ0v) is 12.4. The third-order valence-corrected chi connectivity index (χ3v) is 3.02. The summed E-state index contributed by atoms with van der Waals surface area (Å²) in [6.07, 6.45) is 1.54. The smallest absolute Gasteiger partial charge is 0.319 e. The molecule has 0 radical (unpaired) electrons. The number of carbonyl (C=O) groups is 1. The molecule has 6 nitrogen and oxygen atoms in total. The van der Waals surface area contributed by atoms with Gasteiger partial charge in [0.2, 0.25) is 0 Å². The minimum absolute atomic E-state index is 0.284.